The van der Waals surface area contributed by atoms with E-state index < -0.39 is 5.97 Å². The Hall–Kier alpha value is -1.47. The first-order valence-corrected chi connectivity index (χ1v) is 5.76. The summed E-state index contributed by atoms with van der Waals surface area (Å²) in [4.78, 5) is 19.2. The number of thiazole rings is 2. The second-order valence-electron chi connectivity index (χ2n) is 2.49. The van der Waals surface area contributed by atoms with Gasteiger partial charge in [0.2, 0.25) is 0 Å². The van der Waals surface area contributed by atoms with Crippen LogP contribution in [0.1, 0.15) is 10.5 Å². The van der Waals surface area contributed by atoms with Crippen LogP contribution in [-0.2, 0) is 4.74 Å². The van der Waals surface area contributed by atoms with E-state index in [1.807, 2.05) is 5.38 Å². The molecule has 0 aliphatic heterocycles. The number of hydrogen-bond donors (Lipinski definition) is 1. The van der Waals surface area contributed by atoms with Crippen molar-refractivity contribution >= 4 is 38.9 Å². The standard InChI is InChI=1S/C8H7N3O2S2/c1-13-6(12)5-4-15-8(10-5)11-7-9-2-3-14-7/h2-4H,1H3,(H,9,10,11). The average molecular weight is 241 g/mol. The van der Waals surface area contributed by atoms with E-state index in [2.05, 4.69) is 20.0 Å². The topological polar surface area (TPSA) is 64.1 Å². The third kappa shape index (κ3) is 2.31. The van der Waals surface area contributed by atoms with Crippen LogP contribution in [0.5, 0.6) is 0 Å². The molecule has 7 heteroatoms. The molecule has 2 heterocycles. The van der Waals surface area contributed by atoms with Gasteiger partial charge in [0, 0.05) is 17.0 Å². The smallest absolute Gasteiger partial charge is 0.357 e. The number of rotatable bonds is 3. The normalized spacial score (nSPS) is 9.93. The Balaban J connectivity index is 2.11. The highest BCUT2D eigenvalue weighted by atomic mass is 32.1. The van der Waals surface area contributed by atoms with Gasteiger partial charge >= 0.3 is 5.97 Å². The molecule has 0 spiro atoms. The molecule has 0 saturated carbocycles. The fourth-order valence-corrected chi connectivity index (χ4v) is 2.18. The summed E-state index contributed by atoms with van der Waals surface area (Å²) in [5, 5.41) is 7.87. The number of methoxy groups -OCH3 is 1. The summed E-state index contributed by atoms with van der Waals surface area (Å²) in [5.74, 6) is -0.432. The Morgan fingerprint density at radius 2 is 2.33 bits per heavy atom. The van der Waals surface area contributed by atoms with Gasteiger partial charge in [-0.25, -0.2) is 14.8 Å². The van der Waals surface area contributed by atoms with Crippen LogP contribution in [0, 0.1) is 0 Å². The third-order valence-electron chi connectivity index (χ3n) is 1.54. The molecule has 2 aromatic heterocycles. The molecule has 5 nitrogen and oxygen atoms in total. The lowest BCUT2D eigenvalue weighted by atomic mass is 10.5. The van der Waals surface area contributed by atoms with Crippen LogP contribution in [0.3, 0.4) is 0 Å². The summed E-state index contributed by atoms with van der Waals surface area (Å²) in [5.41, 5.74) is 0.307. The van der Waals surface area contributed by atoms with E-state index in [0.717, 1.165) is 5.13 Å². The van der Waals surface area contributed by atoms with Crippen molar-refractivity contribution in [1.82, 2.24) is 9.97 Å². The molecular formula is C8H7N3O2S2. The van der Waals surface area contributed by atoms with Gasteiger partial charge in [0.1, 0.15) is 0 Å². The molecule has 0 bridgehead atoms. The second-order valence-corrected chi connectivity index (χ2v) is 4.24. The Bertz CT molecular complexity index is 452. The summed E-state index contributed by atoms with van der Waals surface area (Å²) in [7, 11) is 1.33. The average Bonchev–Trinajstić information content (AvgIpc) is 2.88. The minimum absolute atomic E-state index is 0.307. The summed E-state index contributed by atoms with van der Waals surface area (Å²) in [6, 6.07) is 0. The zero-order valence-corrected chi connectivity index (χ0v) is 9.39. The predicted octanol–water partition coefficient (Wildman–Crippen LogP) is 2.13. The molecule has 78 valence electrons. The second kappa shape index (κ2) is 4.37. The summed E-state index contributed by atoms with van der Waals surface area (Å²) in [6.07, 6.45) is 1.70. The first-order chi connectivity index (χ1) is 7.29. The molecule has 2 aromatic rings. The molecule has 1 N–H and O–H groups in total. The van der Waals surface area contributed by atoms with Gasteiger partial charge in [-0.1, -0.05) is 0 Å². The highest BCUT2D eigenvalue weighted by molar-refractivity contribution is 7.16. The minimum Gasteiger partial charge on any atom is -0.464 e. The van der Waals surface area contributed by atoms with E-state index >= 15 is 0 Å². The lowest BCUT2D eigenvalue weighted by molar-refractivity contribution is 0.0595. The van der Waals surface area contributed by atoms with Crippen molar-refractivity contribution in [2.75, 3.05) is 12.4 Å². The van der Waals surface area contributed by atoms with Crippen LogP contribution in [0.4, 0.5) is 10.3 Å². The van der Waals surface area contributed by atoms with Gasteiger partial charge in [-0.15, -0.1) is 22.7 Å². The highest BCUT2D eigenvalue weighted by Crippen LogP contribution is 2.22. The van der Waals surface area contributed by atoms with E-state index in [4.69, 9.17) is 0 Å². The quantitative estimate of drug-likeness (QED) is 0.834. The largest absolute Gasteiger partial charge is 0.464 e. The van der Waals surface area contributed by atoms with E-state index in [1.54, 1.807) is 11.6 Å². The third-order valence-corrected chi connectivity index (χ3v) is 2.99. The Morgan fingerprint density at radius 3 is 3.00 bits per heavy atom. The molecule has 0 aromatic carbocycles. The van der Waals surface area contributed by atoms with Crippen LogP contribution in [-0.4, -0.2) is 23.0 Å². The number of ether oxygens (including phenoxy) is 1. The van der Waals surface area contributed by atoms with Crippen LogP contribution in [0.2, 0.25) is 0 Å². The van der Waals surface area contributed by atoms with Crippen LogP contribution < -0.4 is 5.32 Å². The molecule has 0 atom stereocenters. The van der Waals surface area contributed by atoms with Gasteiger partial charge in [-0.3, -0.25) is 0 Å². The Kier molecular flexibility index (Phi) is 2.93. The predicted molar refractivity (Wildman–Crippen MR) is 58.9 cm³/mol. The van der Waals surface area contributed by atoms with E-state index in [1.165, 1.54) is 29.8 Å². The zero-order chi connectivity index (χ0) is 10.7. The number of aromatic nitrogens is 2. The number of esters is 1. The van der Waals surface area contributed by atoms with Gasteiger partial charge < -0.3 is 10.1 Å². The molecule has 0 fully saturated rings. The molecule has 0 unspecified atom stereocenters. The van der Waals surface area contributed by atoms with Crippen molar-refractivity contribution in [3.8, 4) is 0 Å². The van der Waals surface area contributed by atoms with Crippen molar-refractivity contribution in [3.63, 3.8) is 0 Å². The molecule has 2 rings (SSSR count). The maximum Gasteiger partial charge on any atom is 0.357 e. The first kappa shape index (κ1) is 10.1. The fourth-order valence-electron chi connectivity index (χ4n) is 0.906. The van der Waals surface area contributed by atoms with Gasteiger partial charge in [0.25, 0.3) is 0 Å². The Labute approximate surface area is 93.8 Å². The lowest BCUT2D eigenvalue weighted by Crippen LogP contribution is -2.01. The molecule has 0 saturated heterocycles. The minimum atomic E-state index is -0.432. The maximum atomic E-state index is 11.1. The summed E-state index contributed by atoms with van der Waals surface area (Å²) >= 11 is 2.80. The number of nitrogens with one attached hydrogen (secondary N) is 1. The van der Waals surface area contributed by atoms with Crippen molar-refractivity contribution in [2.45, 2.75) is 0 Å². The molecule has 0 aliphatic rings. The number of carbonyl (C=O) groups excluding carboxylic acids is 1. The molecular weight excluding hydrogens is 234 g/mol. The molecule has 0 radical (unpaired) electrons. The van der Waals surface area contributed by atoms with Gasteiger partial charge in [-0.2, -0.15) is 0 Å². The lowest BCUT2D eigenvalue weighted by Gasteiger charge is -1.95. The molecule has 0 aliphatic carbocycles. The monoisotopic (exact) mass is 241 g/mol. The highest BCUT2D eigenvalue weighted by Gasteiger charge is 2.10. The Morgan fingerprint density at radius 1 is 1.47 bits per heavy atom. The van der Waals surface area contributed by atoms with E-state index in [9.17, 15) is 4.79 Å². The van der Waals surface area contributed by atoms with Crippen LogP contribution in [0.15, 0.2) is 17.0 Å². The SMILES string of the molecule is COC(=O)c1csc(Nc2nccs2)n1. The fraction of sp³-hybridized carbons (Fsp3) is 0.125. The van der Waals surface area contributed by atoms with Gasteiger partial charge in [-0.05, 0) is 0 Å². The van der Waals surface area contributed by atoms with E-state index in [0.29, 0.717) is 10.8 Å². The van der Waals surface area contributed by atoms with Crippen molar-refractivity contribution in [1.29, 1.82) is 0 Å². The molecule has 15 heavy (non-hydrogen) atoms. The number of carbonyl (C=O) groups is 1. The summed E-state index contributed by atoms with van der Waals surface area (Å²) in [6.45, 7) is 0. The molecule has 0 amide bonds. The number of hydrogen-bond acceptors (Lipinski definition) is 7. The van der Waals surface area contributed by atoms with Gasteiger partial charge in [0.15, 0.2) is 16.0 Å². The maximum absolute atomic E-state index is 11.1. The summed E-state index contributed by atoms with van der Waals surface area (Å²) < 4.78 is 4.55. The number of anilines is 2. The number of nitrogens with zero attached hydrogens (tertiary/aromatic N) is 2. The first-order valence-electron chi connectivity index (χ1n) is 4.00. The van der Waals surface area contributed by atoms with Crippen molar-refractivity contribution in [3.05, 3.63) is 22.7 Å². The van der Waals surface area contributed by atoms with Crippen molar-refractivity contribution in [2.24, 2.45) is 0 Å². The zero-order valence-electron chi connectivity index (χ0n) is 7.76. The van der Waals surface area contributed by atoms with Crippen molar-refractivity contribution < 1.29 is 9.53 Å². The van der Waals surface area contributed by atoms with Gasteiger partial charge in [0.05, 0.1) is 7.11 Å². The van der Waals surface area contributed by atoms with E-state index in [-0.39, 0.29) is 0 Å². The van der Waals surface area contributed by atoms with Crippen LogP contribution >= 0.6 is 22.7 Å². The van der Waals surface area contributed by atoms with Crippen LogP contribution in [0.25, 0.3) is 0 Å².